The first kappa shape index (κ1) is 17.9. The van der Waals surface area contributed by atoms with Crippen molar-refractivity contribution in [1.29, 1.82) is 0 Å². The average Bonchev–Trinajstić information content (AvgIpc) is 2.98. The molecule has 0 bridgehead atoms. The molecule has 1 atom stereocenters. The highest BCUT2D eigenvalue weighted by Crippen LogP contribution is 2.20. The van der Waals surface area contributed by atoms with Crippen LogP contribution in [0.15, 0.2) is 22.7 Å². The second-order valence-electron chi connectivity index (χ2n) is 7.08. The number of nitrogens with zero attached hydrogens (tertiary/aromatic N) is 3. The molecule has 2 aromatic rings. The SMILES string of the molecule is Cc1ccc(CN[C@@H](C)c2cnc(N3CCCCCCC3)nc2C)o1. The number of nitrogens with one attached hydrogen (secondary N) is 1. The molecule has 0 spiro atoms. The van der Waals surface area contributed by atoms with Crippen molar-refractivity contribution in [3.05, 3.63) is 41.1 Å². The van der Waals surface area contributed by atoms with E-state index in [1.54, 1.807) is 0 Å². The molecule has 25 heavy (non-hydrogen) atoms. The fourth-order valence-corrected chi connectivity index (χ4v) is 3.43. The molecular weight excluding hydrogens is 312 g/mol. The molecule has 1 aliphatic rings. The molecule has 0 saturated carbocycles. The van der Waals surface area contributed by atoms with Gasteiger partial charge in [0.15, 0.2) is 0 Å². The lowest BCUT2D eigenvalue weighted by Crippen LogP contribution is -2.29. The summed E-state index contributed by atoms with van der Waals surface area (Å²) in [7, 11) is 0. The normalized spacial score (nSPS) is 17.2. The maximum atomic E-state index is 5.62. The molecule has 1 N–H and O–H groups in total. The van der Waals surface area contributed by atoms with Crippen molar-refractivity contribution in [3.8, 4) is 0 Å². The van der Waals surface area contributed by atoms with Crippen LogP contribution in [0.25, 0.3) is 0 Å². The third-order valence-electron chi connectivity index (χ3n) is 4.99. The van der Waals surface area contributed by atoms with Crippen molar-refractivity contribution in [2.24, 2.45) is 0 Å². The summed E-state index contributed by atoms with van der Waals surface area (Å²) in [6.07, 6.45) is 8.48. The first-order valence-corrected chi connectivity index (χ1v) is 9.50. The number of rotatable bonds is 5. The molecule has 0 amide bonds. The van der Waals surface area contributed by atoms with Crippen molar-refractivity contribution in [2.75, 3.05) is 18.0 Å². The van der Waals surface area contributed by atoms with E-state index in [0.717, 1.165) is 41.8 Å². The summed E-state index contributed by atoms with van der Waals surface area (Å²) in [6.45, 7) is 9.06. The minimum absolute atomic E-state index is 0.187. The Morgan fingerprint density at radius 3 is 2.48 bits per heavy atom. The molecular formula is C20H30N4O. The van der Waals surface area contributed by atoms with E-state index < -0.39 is 0 Å². The predicted molar refractivity (Wildman–Crippen MR) is 101 cm³/mol. The molecule has 0 aliphatic carbocycles. The van der Waals surface area contributed by atoms with Gasteiger partial charge in [0.1, 0.15) is 11.5 Å². The lowest BCUT2D eigenvalue weighted by atomic mass is 10.1. The van der Waals surface area contributed by atoms with Crippen molar-refractivity contribution < 1.29 is 4.42 Å². The molecule has 5 nitrogen and oxygen atoms in total. The Balaban J connectivity index is 1.63. The molecule has 3 heterocycles. The summed E-state index contributed by atoms with van der Waals surface area (Å²) < 4.78 is 5.62. The van der Waals surface area contributed by atoms with Crippen LogP contribution in [0.4, 0.5) is 5.95 Å². The second kappa shape index (κ2) is 8.48. The number of aryl methyl sites for hydroxylation is 2. The van der Waals surface area contributed by atoms with Gasteiger partial charge in [-0.1, -0.05) is 19.3 Å². The quantitative estimate of drug-likeness (QED) is 0.877. The lowest BCUT2D eigenvalue weighted by molar-refractivity contribution is 0.443. The van der Waals surface area contributed by atoms with Crippen LogP contribution in [0.2, 0.25) is 0 Å². The van der Waals surface area contributed by atoms with E-state index in [1.807, 2.05) is 25.3 Å². The van der Waals surface area contributed by atoms with Gasteiger partial charge in [-0.05, 0) is 45.7 Å². The van der Waals surface area contributed by atoms with Crippen LogP contribution in [0.1, 0.15) is 67.8 Å². The number of hydrogen-bond acceptors (Lipinski definition) is 5. The van der Waals surface area contributed by atoms with E-state index in [-0.39, 0.29) is 6.04 Å². The lowest BCUT2D eigenvalue weighted by Gasteiger charge is -2.25. The van der Waals surface area contributed by atoms with Gasteiger partial charge in [-0.25, -0.2) is 9.97 Å². The van der Waals surface area contributed by atoms with E-state index in [0.29, 0.717) is 6.54 Å². The molecule has 136 valence electrons. The fourth-order valence-electron chi connectivity index (χ4n) is 3.43. The van der Waals surface area contributed by atoms with Crippen LogP contribution in [0.3, 0.4) is 0 Å². The first-order valence-electron chi connectivity index (χ1n) is 9.50. The van der Waals surface area contributed by atoms with Crippen LogP contribution in [-0.2, 0) is 6.54 Å². The van der Waals surface area contributed by atoms with Gasteiger partial charge >= 0.3 is 0 Å². The summed E-state index contributed by atoms with van der Waals surface area (Å²) in [5.41, 5.74) is 2.21. The van der Waals surface area contributed by atoms with Crippen molar-refractivity contribution >= 4 is 5.95 Å². The van der Waals surface area contributed by atoms with Gasteiger partial charge in [-0.3, -0.25) is 0 Å². The van der Waals surface area contributed by atoms with Gasteiger partial charge in [-0.15, -0.1) is 0 Å². The van der Waals surface area contributed by atoms with Crippen molar-refractivity contribution in [3.63, 3.8) is 0 Å². The van der Waals surface area contributed by atoms with Crippen LogP contribution in [0.5, 0.6) is 0 Å². The van der Waals surface area contributed by atoms with Gasteiger partial charge in [0, 0.05) is 36.6 Å². The van der Waals surface area contributed by atoms with Crippen LogP contribution < -0.4 is 10.2 Å². The summed E-state index contributed by atoms with van der Waals surface area (Å²) in [6, 6.07) is 4.20. The molecule has 2 aromatic heterocycles. The maximum absolute atomic E-state index is 5.62. The van der Waals surface area contributed by atoms with Crippen molar-refractivity contribution in [2.45, 2.75) is 65.5 Å². The number of aromatic nitrogens is 2. The summed E-state index contributed by atoms with van der Waals surface area (Å²) in [5.74, 6) is 2.79. The standard InChI is InChI=1S/C20H30N4O/c1-15-9-10-18(25-15)13-21-16(2)19-14-22-20(23-17(19)3)24-11-7-5-4-6-8-12-24/h9-10,14,16,21H,4-8,11-13H2,1-3H3/t16-/m0/s1. The molecule has 0 radical (unpaired) electrons. The summed E-state index contributed by atoms with van der Waals surface area (Å²) >= 11 is 0. The largest absolute Gasteiger partial charge is 0.465 e. The van der Waals surface area contributed by atoms with E-state index in [1.165, 1.54) is 32.1 Å². The Morgan fingerprint density at radius 2 is 1.84 bits per heavy atom. The summed E-state index contributed by atoms with van der Waals surface area (Å²) in [5, 5.41) is 3.50. The molecule has 1 aliphatic heterocycles. The molecule has 1 saturated heterocycles. The number of hydrogen-bond donors (Lipinski definition) is 1. The highest BCUT2D eigenvalue weighted by Gasteiger charge is 2.15. The topological polar surface area (TPSA) is 54.2 Å². The van der Waals surface area contributed by atoms with Gasteiger partial charge in [0.05, 0.1) is 6.54 Å². The Hall–Kier alpha value is -1.88. The average molecular weight is 342 g/mol. The number of furan rings is 1. The third kappa shape index (κ3) is 4.82. The zero-order valence-corrected chi connectivity index (χ0v) is 15.7. The Bertz CT molecular complexity index is 674. The van der Waals surface area contributed by atoms with Crippen molar-refractivity contribution in [1.82, 2.24) is 15.3 Å². The second-order valence-corrected chi connectivity index (χ2v) is 7.08. The van der Waals surface area contributed by atoms with E-state index in [4.69, 9.17) is 9.40 Å². The third-order valence-corrected chi connectivity index (χ3v) is 4.99. The Labute approximate surface area is 150 Å². The minimum Gasteiger partial charge on any atom is -0.465 e. The fraction of sp³-hybridized carbons (Fsp3) is 0.600. The van der Waals surface area contributed by atoms with Gasteiger partial charge < -0.3 is 14.6 Å². The maximum Gasteiger partial charge on any atom is 0.225 e. The highest BCUT2D eigenvalue weighted by molar-refractivity contribution is 5.34. The molecule has 0 aromatic carbocycles. The minimum atomic E-state index is 0.187. The monoisotopic (exact) mass is 342 g/mol. The van der Waals surface area contributed by atoms with Gasteiger partial charge in [0.25, 0.3) is 0 Å². The Morgan fingerprint density at radius 1 is 1.12 bits per heavy atom. The molecule has 5 heteroatoms. The van der Waals surface area contributed by atoms with Gasteiger partial charge in [0.2, 0.25) is 5.95 Å². The van der Waals surface area contributed by atoms with Crippen LogP contribution in [-0.4, -0.2) is 23.1 Å². The number of anilines is 1. The Kier molecular flexibility index (Phi) is 6.08. The molecule has 0 unspecified atom stereocenters. The van der Waals surface area contributed by atoms with E-state index in [2.05, 4.69) is 29.0 Å². The summed E-state index contributed by atoms with van der Waals surface area (Å²) in [4.78, 5) is 11.8. The first-order chi connectivity index (χ1) is 12.1. The van der Waals surface area contributed by atoms with Crippen LogP contribution in [0, 0.1) is 13.8 Å². The van der Waals surface area contributed by atoms with E-state index >= 15 is 0 Å². The molecule has 3 rings (SSSR count). The predicted octanol–water partition coefficient (Wildman–Crippen LogP) is 4.31. The zero-order valence-electron chi connectivity index (χ0n) is 15.7. The van der Waals surface area contributed by atoms with Crippen LogP contribution >= 0.6 is 0 Å². The highest BCUT2D eigenvalue weighted by atomic mass is 16.3. The van der Waals surface area contributed by atoms with Gasteiger partial charge in [-0.2, -0.15) is 0 Å². The zero-order chi connectivity index (χ0) is 17.6. The van der Waals surface area contributed by atoms with E-state index in [9.17, 15) is 0 Å². The smallest absolute Gasteiger partial charge is 0.225 e. The molecule has 1 fully saturated rings.